The molecule has 1 aliphatic heterocycles. The van der Waals surface area contributed by atoms with Crippen LogP contribution in [0.5, 0.6) is 0 Å². The number of carbonyl (C=O) groups is 2. The first kappa shape index (κ1) is 18.6. The van der Waals surface area contributed by atoms with E-state index in [-0.39, 0.29) is 17.7 Å². The molecule has 0 bridgehead atoms. The number of carbonyl (C=O) groups excluding carboxylic acids is 2. The van der Waals surface area contributed by atoms with Crippen LogP contribution in [0.3, 0.4) is 0 Å². The van der Waals surface area contributed by atoms with Crippen molar-refractivity contribution in [2.75, 3.05) is 13.1 Å². The summed E-state index contributed by atoms with van der Waals surface area (Å²) < 4.78 is 0. The van der Waals surface area contributed by atoms with Gasteiger partial charge in [0, 0.05) is 13.1 Å². The van der Waals surface area contributed by atoms with Crippen molar-refractivity contribution in [1.82, 2.24) is 10.2 Å². The van der Waals surface area contributed by atoms with Crippen LogP contribution in [-0.4, -0.2) is 35.8 Å². The summed E-state index contributed by atoms with van der Waals surface area (Å²) >= 11 is 1.39. The van der Waals surface area contributed by atoms with Crippen LogP contribution in [0.25, 0.3) is 0 Å². The van der Waals surface area contributed by atoms with Gasteiger partial charge in [0.2, 0.25) is 5.91 Å². The van der Waals surface area contributed by atoms with Crippen LogP contribution >= 0.6 is 11.3 Å². The molecule has 0 aliphatic carbocycles. The molecule has 1 saturated heterocycles. The number of piperidine rings is 1. The summed E-state index contributed by atoms with van der Waals surface area (Å²) in [6.07, 6.45) is 1.94. The average molecular weight is 371 g/mol. The van der Waals surface area contributed by atoms with Crippen LogP contribution in [-0.2, 0) is 4.79 Å². The fourth-order valence-electron chi connectivity index (χ4n) is 3.49. The molecule has 1 fully saturated rings. The number of hydrogen-bond acceptors (Lipinski definition) is 3. The van der Waals surface area contributed by atoms with Crippen molar-refractivity contribution < 1.29 is 9.59 Å². The first-order chi connectivity index (χ1) is 12.6. The zero-order chi connectivity index (χ0) is 18.5. The fourth-order valence-corrected chi connectivity index (χ4v) is 4.12. The highest BCUT2D eigenvalue weighted by Gasteiger charge is 2.31. The maximum Gasteiger partial charge on any atom is 0.262 e. The highest BCUT2D eigenvalue weighted by atomic mass is 32.1. The van der Waals surface area contributed by atoms with Gasteiger partial charge >= 0.3 is 0 Å². The van der Waals surface area contributed by atoms with Crippen molar-refractivity contribution in [2.45, 2.75) is 38.6 Å². The van der Waals surface area contributed by atoms with E-state index in [4.69, 9.17) is 0 Å². The van der Waals surface area contributed by atoms with E-state index in [1.807, 2.05) is 36.3 Å². The highest BCUT2D eigenvalue weighted by Crippen LogP contribution is 2.28. The van der Waals surface area contributed by atoms with Crippen LogP contribution in [0.2, 0.25) is 0 Å². The number of nitrogens with one attached hydrogen (secondary N) is 1. The first-order valence-electron chi connectivity index (χ1n) is 9.24. The smallest absolute Gasteiger partial charge is 0.262 e. The number of amides is 2. The summed E-state index contributed by atoms with van der Waals surface area (Å²) in [7, 11) is 0. The van der Waals surface area contributed by atoms with Gasteiger partial charge in [-0.3, -0.25) is 9.59 Å². The predicted molar refractivity (Wildman–Crippen MR) is 105 cm³/mol. The van der Waals surface area contributed by atoms with Gasteiger partial charge in [0.1, 0.15) is 6.04 Å². The molecule has 26 heavy (non-hydrogen) atoms. The molecule has 2 heterocycles. The Morgan fingerprint density at radius 3 is 2.35 bits per heavy atom. The Labute approximate surface area is 159 Å². The summed E-state index contributed by atoms with van der Waals surface area (Å²) in [5, 5.41) is 4.81. The minimum atomic E-state index is -0.474. The molecule has 1 atom stereocenters. The number of likely N-dealkylation sites (tertiary alicyclic amines) is 1. The Kier molecular flexibility index (Phi) is 6.09. The molecule has 0 saturated carbocycles. The molecule has 3 rings (SSSR count). The van der Waals surface area contributed by atoms with Gasteiger partial charge in [-0.25, -0.2) is 0 Å². The van der Waals surface area contributed by atoms with Gasteiger partial charge in [-0.05, 0) is 41.7 Å². The van der Waals surface area contributed by atoms with E-state index in [9.17, 15) is 9.59 Å². The Bertz CT molecular complexity index is 720. The minimum Gasteiger partial charge on any atom is -0.341 e. The third kappa shape index (κ3) is 4.33. The van der Waals surface area contributed by atoms with E-state index >= 15 is 0 Å². The molecule has 138 valence electrons. The van der Waals surface area contributed by atoms with Crippen LogP contribution in [0.1, 0.15) is 47.8 Å². The summed E-state index contributed by atoms with van der Waals surface area (Å²) in [6.45, 7) is 5.45. The molecule has 1 aromatic heterocycles. The normalized spacial score (nSPS) is 16.5. The largest absolute Gasteiger partial charge is 0.341 e. The molecule has 1 unspecified atom stereocenters. The lowest BCUT2D eigenvalue weighted by atomic mass is 9.89. The van der Waals surface area contributed by atoms with Gasteiger partial charge in [0.25, 0.3) is 5.91 Å². The SMILES string of the molecule is CC(C)C(NC(=O)c1cccs1)C(=O)N1CCC(c2ccccc2)CC1. The van der Waals surface area contributed by atoms with Crippen LogP contribution < -0.4 is 5.32 Å². The second kappa shape index (κ2) is 8.49. The summed E-state index contributed by atoms with van der Waals surface area (Å²) in [6, 6.07) is 13.7. The molecular weight excluding hydrogens is 344 g/mol. The number of rotatable bonds is 5. The van der Waals surface area contributed by atoms with Gasteiger partial charge in [-0.1, -0.05) is 50.2 Å². The van der Waals surface area contributed by atoms with Crippen molar-refractivity contribution in [3.05, 3.63) is 58.3 Å². The van der Waals surface area contributed by atoms with Crippen molar-refractivity contribution in [2.24, 2.45) is 5.92 Å². The van der Waals surface area contributed by atoms with Crippen molar-refractivity contribution in [3.8, 4) is 0 Å². The third-order valence-electron chi connectivity index (χ3n) is 5.04. The van der Waals surface area contributed by atoms with Crippen molar-refractivity contribution in [1.29, 1.82) is 0 Å². The lowest BCUT2D eigenvalue weighted by Crippen LogP contribution is -2.52. The molecule has 1 aliphatic rings. The Morgan fingerprint density at radius 2 is 1.77 bits per heavy atom. The summed E-state index contributed by atoms with van der Waals surface area (Å²) in [5.41, 5.74) is 1.35. The van der Waals surface area contributed by atoms with Crippen molar-refractivity contribution >= 4 is 23.2 Å². The second-order valence-corrected chi connectivity index (χ2v) is 8.13. The van der Waals surface area contributed by atoms with E-state index in [2.05, 4.69) is 29.6 Å². The zero-order valence-electron chi connectivity index (χ0n) is 15.4. The molecule has 1 aromatic carbocycles. The maximum absolute atomic E-state index is 13.0. The van der Waals surface area contributed by atoms with Crippen LogP contribution in [0, 0.1) is 5.92 Å². The molecule has 1 N–H and O–H groups in total. The molecule has 5 heteroatoms. The van der Waals surface area contributed by atoms with Crippen molar-refractivity contribution in [3.63, 3.8) is 0 Å². The lowest BCUT2D eigenvalue weighted by Gasteiger charge is -2.35. The molecule has 2 amide bonds. The Morgan fingerprint density at radius 1 is 1.08 bits per heavy atom. The Hall–Kier alpha value is -2.14. The van der Waals surface area contributed by atoms with E-state index in [1.54, 1.807) is 6.07 Å². The third-order valence-corrected chi connectivity index (χ3v) is 5.91. The number of benzene rings is 1. The van der Waals surface area contributed by atoms with Crippen LogP contribution in [0.4, 0.5) is 0 Å². The number of nitrogens with zero attached hydrogens (tertiary/aromatic N) is 1. The van der Waals surface area contributed by atoms with E-state index < -0.39 is 6.04 Å². The number of thiophene rings is 1. The fraction of sp³-hybridized carbons (Fsp3) is 0.429. The molecule has 0 radical (unpaired) electrons. The first-order valence-corrected chi connectivity index (χ1v) is 10.1. The van der Waals surface area contributed by atoms with Crippen LogP contribution in [0.15, 0.2) is 47.8 Å². The predicted octanol–water partition coefficient (Wildman–Crippen LogP) is 3.91. The average Bonchev–Trinajstić information content (AvgIpc) is 3.21. The molecular formula is C21H26N2O2S. The van der Waals surface area contributed by atoms with Gasteiger partial charge in [0.05, 0.1) is 4.88 Å². The summed E-state index contributed by atoms with van der Waals surface area (Å²) in [5.74, 6) is 0.444. The second-order valence-electron chi connectivity index (χ2n) is 7.18. The highest BCUT2D eigenvalue weighted by molar-refractivity contribution is 7.12. The molecule has 2 aromatic rings. The van der Waals surface area contributed by atoms with Gasteiger partial charge in [-0.2, -0.15) is 0 Å². The van der Waals surface area contributed by atoms with E-state index in [0.717, 1.165) is 25.9 Å². The van der Waals surface area contributed by atoms with E-state index in [1.165, 1.54) is 16.9 Å². The quantitative estimate of drug-likeness (QED) is 0.867. The maximum atomic E-state index is 13.0. The monoisotopic (exact) mass is 370 g/mol. The number of hydrogen-bond donors (Lipinski definition) is 1. The Balaban J connectivity index is 1.60. The summed E-state index contributed by atoms with van der Waals surface area (Å²) in [4.78, 5) is 27.9. The zero-order valence-corrected chi connectivity index (χ0v) is 16.2. The van der Waals surface area contributed by atoms with Gasteiger partial charge in [-0.15, -0.1) is 11.3 Å². The lowest BCUT2D eigenvalue weighted by molar-refractivity contribution is -0.135. The minimum absolute atomic E-state index is 0.0383. The molecule has 4 nitrogen and oxygen atoms in total. The molecule has 0 spiro atoms. The van der Waals surface area contributed by atoms with Gasteiger partial charge < -0.3 is 10.2 Å². The topological polar surface area (TPSA) is 49.4 Å². The van der Waals surface area contributed by atoms with Gasteiger partial charge in [0.15, 0.2) is 0 Å². The van der Waals surface area contributed by atoms with E-state index in [0.29, 0.717) is 10.8 Å². The standard InChI is InChI=1S/C21H26N2O2S/c1-15(2)19(22-20(24)18-9-6-14-26-18)21(25)23-12-10-17(11-13-23)16-7-4-3-5-8-16/h3-9,14-15,17,19H,10-13H2,1-2H3,(H,22,24).